The van der Waals surface area contributed by atoms with E-state index in [0.29, 0.717) is 24.3 Å². The minimum absolute atomic E-state index is 0.291. The third-order valence-corrected chi connectivity index (χ3v) is 11.1. The fraction of sp³-hybridized carbons (Fsp3) is 0.833. The van der Waals surface area contributed by atoms with Crippen molar-refractivity contribution in [1.82, 2.24) is 9.80 Å². The van der Waals surface area contributed by atoms with Crippen LogP contribution < -0.4 is 0 Å². The Morgan fingerprint density at radius 3 is 0.926 bits per heavy atom. The Kier molecular flexibility index (Phi) is 35.2. The summed E-state index contributed by atoms with van der Waals surface area (Å²) in [5.41, 5.74) is 0.582. The number of esters is 2. The van der Waals surface area contributed by atoms with E-state index >= 15 is 0 Å². The SMILES string of the molecule is CCCCCCCCCCCCCCCN(CC)CCCOC(=O)c1ccccc1C(=O)OCCCN(CC)CCCCCCCCCCCCCCC. The molecule has 0 spiro atoms. The third-order valence-electron chi connectivity index (χ3n) is 11.1. The molecule has 0 aliphatic heterocycles. The second-order valence-corrected chi connectivity index (χ2v) is 15.9. The molecule has 0 radical (unpaired) electrons. The maximum Gasteiger partial charge on any atom is 0.339 e. The smallest absolute Gasteiger partial charge is 0.339 e. The van der Waals surface area contributed by atoms with Gasteiger partial charge in [-0.15, -0.1) is 0 Å². The Bertz CT molecular complexity index is 908. The van der Waals surface area contributed by atoms with Crippen LogP contribution in [0.25, 0.3) is 0 Å². The van der Waals surface area contributed by atoms with E-state index in [1.54, 1.807) is 24.3 Å². The van der Waals surface area contributed by atoms with E-state index in [9.17, 15) is 9.59 Å². The van der Waals surface area contributed by atoms with E-state index < -0.39 is 11.9 Å². The van der Waals surface area contributed by atoms with Crippen molar-refractivity contribution < 1.29 is 19.1 Å². The lowest BCUT2D eigenvalue weighted by atomic mass is 10.0. The van der Waals surface area contributed by atoms with Crippen molar-refractivity contribution in [1.29, 1.82) is 0 Å². The van der Waals surface area contributed by atoms with Crippen LogP contribution in [0, 0.1) is 0 Å². The fourth-order valence-electron chi connectivity index (χ4n) is 7.46. The topological polar surface area (TPSA) is 59.1 Å². The number of carbonyl (C=O) groups excluding carboxylic acids is 2. The second kappa shape index (κ2) is 38.0. The van der Waals surface area contributed by atoms with E-state index in [2.05, 4.69) is 37.5 Å². The van der Waals surface area contributed by atoms with E-state index in [4.69, 9.17) is 9.47 Å². The number of hydrogen-bond donors (Lipinski definition) is 0. The first kappa shape index (κ1) is 50.1. The van der Waals surface area contributed by atoms with Crippen LogP contribution in [0.2, 0.25) is 0 Å². The van der Waals surface area contributed by atoms with E-state index in [0.717, 1.165) is 52.1 Å². The van der Waals surface area contributed by atoms with Gasteiger partial charge in [-0.1, -0.05) is 194 Å². The first-order chi connectivity index (χ1) is 26.6. The number of hydrogen-bond acceptors (Lipinski definition) is 6. The van der Waals surface area contributed by atoms with E-state index in [1.165, 1.54) is 167 Å². The molecular weight excluding hydrogens is 669 g/mol. The molecule has 0 saturated carbocycles. The maximum absolute atomic E-state index is 13.0. The summed E-state index contributed by atoms with van der Waals surface area (Å²) in [7, 11) is 0. The molecule has 314 valence electrons. The first-order valence-corrected chi connectivity index (χ1v) is 23.4. The van der Waals surface area contributed by atoms with Gasteiger partial charge in [0.05, 0.1) is 24.3 Å². The van der Waals surface area contributed by atoms with Crippen LogP contribution in [-0.2, 0) is 9.47 Å². The Balaban J connectivity index is 2.16. The number of unbranched alkanes of at least 4 members (excludes halogenated alkanes) is 24. The zero-order valence-corrected chi connectivity index (χ0v) is 36.3. The van der Waals surface area contributed by atoms with Gasteiger partial charge < -0.3 is 19.3 Å². The molecule has 6 nitrogen and oxygen atoms in total. The summed E-state index contributed by atoms with van der Waals surface area (Å²) in [6.45, 7) is 15.7. The number of carbonyl (C=O) groups is 2. The predicted molar refractivity (Wildman–Crippen MR) is 232 cm³/mol. The molecule has 1 aromatic carbocycles. The molecule has 0 aliphatic rings. The number of benzene rings is 1. The summed E-state index contributed by atoms with van der Waals surface area (Å²) >= 11 is 0. The van der Waals surface area contributed by atoms with Crippen molar-refractivity contribution >= 4 is 11.9 Å². The van der Waals surface area contributed by atoms with Gasteiger partial charge in [-0.3, -0.25) is 0 Å². The third kappa shape index (κ3) is 28.5. The lowest BCUT2D eigenvalue weighted by Gasteiger charge is -2.20. The van der Waals surface area contributed by atoms with Gasteiger partial charge in [-0.2, -0.15) is 0 Å². The molecular formula is C48H88N2O4. The number of ether oxygens (including phenoxy) is 2. The van der Waals surface area contributed by atoms with Crippen molar-refractivity contribution in [3.63, 3.8) is 0 Å². The average Bonchev–Trinajstić information content (AvgIpc) is 3.19. The molecule has 0 atom stereocenters. The van der Waals surface area contributed by atoms with Crippen LogP contribution in [-0.4, -0.2) is 74.2 Å². The largest absolute Gasteiger partial charge is 0.462 e. The summed E-state index contributed by atoms with van der Waals surface area (Å²) in [6.07, 6.45) is 37.3. The minimum atomic E-state index is -0.447. The van der Waals surface area contributed by atoms with Crippen molar-refractivity contribution in [2.45, 2.75) is 207 Å². The zero-order chi connectivity index (χ0) is 39.2. The van der Waals surface area contributed by atoms with Crippen LogP contribution >= 0.6 is 0 Å². The Morgan fingerprint density at radius 1 is 0.389 bits per heavy atom. The highest BCUT2D eigenvalue weighted by atomic mass is 16.5. The van der Waals surface area contributed by atoms with Crippen LogP contribution in [0.1, 0.15) is 228 Å². The molecule has 0 bridgehead atoms. The molecule has 6 heteroatoms. The van der Waals surface area contributed by atoms with Crippen LogP contribution in [0.5, 0.6) is 0 Å². The van der Waals surface area contributed by atoms with E-state index in [-0.39, 0.29) is 0 Å². The monoisotopic (exact) mass is 757 g/mol. The highest BCUT2D eigenvalue weighted by Crippen LogP contribution is 2.16. The molecule has 1 rings (SSSR count). The van der Waals surface area contributed by atoms with Crippen molar-refractivity contribution in [3.8, 4) is 0 Å². The Morgan fingerprint density at radius 2 is 0.648 bits per heavy atom. The Hall–Kier alpha value is -1.92. The summed E-state index contributed by atoms with van der Waals surface area (Å²) < 4.78 is 11.3. The molecule has 54 heavy (non-hydrogen) atoms. The van der Waals surface area contributed by atoms with Gasteiger partial charge in [-0.25, -0.2) is 9.59 Å². The maximum atomic E-state index is 13.0. The summed E-state index contributed by atoms with van der Waals surface area (Å²) in [5.74, 6) is -0.894. The minimum Gasteiger partial charge on any atom is -0.462 e. The molecule has 0 heterocycles. The van der Waals surface area contributed by atoms with Crippen molar-refractivity contribution in [2.24, 2.45) is 0 Å². The summed E-state index contributed by atoms with van der Waals surface area (Å²) in [5, 5.41) is 0. The van der Waals surface area contributed by atoms with Crippen molar-refractivity contribution in [3.05, 3.63) is 35.4 Å². The van der Waals surface area contributed by atoms with Gasteiger partial charge in [0.25, 0.3) is 0 Å². The lowest BCUT2D eigenvalue weighted by molar-refractivity contribution is 0.0441. The van der Waals surface area contributed by atoms with Gasteiger partial charge in [-0.05, 0) is 64.0 Å². The van der Waals surface area contributed by atoms with Gasteiger partial charge >= 0.3 is 11.9 Å². The highest BCUT2D eigenvalue weighted by molar-refractivity contribution is 6.03. The van der Waals surface area contributed by atoms with Gasteiger partial charge in [0.15, 0.2) is 0 Å². The quantitative estimate of drug-likeness (QED) is 0.0491. The summed E-state index contributed by atoms with van der Waals surface area (Å²) in [4.78, 5) is 30.8. The number of rotatable bonds is 40. The fourth-order valence-corrected chi connectivity index (χ4v) is 7.46. The van der Waals surface area contributed by atoms with Gasteiger partial charge in [0, 0.05) is 13.1 Å². The highest BCUT2D eigenvalue weighted by Gasteiger charge is 2.19. The molecule has 0 amide bonds. The molecule has 0 aliphatic carbocycles. The van der Waals surface area contributed by atoms with Crippen LogP contribution in [0.4, 0.5) is 0 Å². The van der Waals surface area contributed by atoms with Crippen LogP contribution in [0.15, 0.2) is 24.3 Å². The normalized spacial score (nSPS) is 11.5. The lowest BCUT2D eigenvalue weighted by Crippen LogP contribution is -2.27. The van der Waals surface area contributed by atoms with Crippen molar-refractivity contribution in [2.75, 3.05) is 52.5 Å². The molecule has 0 N–H and O–H groups in total. The molecule has 0 unspecified atom stereocenters. The molecule has 0 aromatic heterocycles. The molecule has 0 fully saturated rings. The average molecular weight is 757 g/mol. The molecule has 1 aromatic rings. The second-order valence-electron chi connectivity index (χ2n) is 15.9. The van der Waals surface area contributed by atoms with Gasteiger partial charge in [0.2, 0.25) is 0 Å². The first-order valence-electron chi connectivity index (χ1n) is 23.4. The van der Waals surface area contributed by atoms with Gasteiger partial charge in [0.1, 0.15) is 0 Å². The van der Waals surface area contributed by atoms with E-state index in [1.807, 2.05) is 0 Å². The molecule has 0 saturated heterocycles. The summed E-state index contributed by atoms with van der Waals surface area (Å²) in [6, 6.07) is 6.88. The standard InChI is InChI=1S/C48H88N2O4/c1-5-9-11-13-15-17-19-21-23-25-27-29-33-39-49(7-3)41-35-43-53-47(51)45-37-31-32-38-46(45)48(52)54-44-36-42-50(8-4)40-34-30-28-26-24-22-20-18-16-14-12-10-6-2/h31-32,37-38H,5-30,33-36,39-44H2,1-4H3. The Labute approximate surface area is 335 Å². The predicted octanol–water partition coefficient (Wildman–Crippen LogP) is 13.6. The number of nitrogens with zero attached hydrogens (tertiary/aromatic N) is 2. The van der Waals surface area contributed by atoms with Crippen LogP contribution in [0.3, 0.4) is 0 Å². The zero-order valence-electron chi connectivity index (χ0n) is 36.3.